The third kappa shape index (κ3) is 6.97. The third-order valence-corrected chi connectivity index (χ3v) is 3.67. The summed E-state index contributed by atoms with van der Waals surface area (Å²) in [5.74, 6) is 0.850. The molecular weight excluding hydrogens is 445 g/mol. The summed E-state index contributed by atoms with van der Waals surface area (Å²) in [4.78, 5) is 4.60. The Labute approximate surface area is 152 Å². The van der Waals surface area contributed by atoms with Crippen LogP contribution >= 0.6 is 39.9 Å². The molecule has 118 valence electrons. The number of ether oxygens (including phenoxy) is 1. The molecule has 1 aliphatic rings. The van der Waals surface area contributed by atoms with E-state index in [0.717, 1.165) is 43.0 Å². The van der Waals surface area contributed by atoms with Gasteiger partial charge in [-0.1, -0.05) is 28.1 Å². The van der Waals surface area contributed by atoms with E-state index in [1.807, 2.05) is 12.1 Å². The fourth-order valence-electron chi connectivity index (χ4n) is 2.16. The van der Waals surface area contributed by atoms with Gasteiger partial charge in [0.1, 0.15) is 0 Å². The topological polar surface area (TPSA) is 45.7 Å². The normalized spacial score (nSPS) is 18.2. The Morgan fingerprint density at radius 2 is 2.29 bits per heavy atom. The minimum atomic E-state index is 0. The monoisotopic (exact) mass is 467 g/mol. The van der Waals surface area contributed by atoms with Crippen LogP contribution in [0.5, 0.6) is 0 Å². The van der Waals surface area contributed by atoms with Crippen molar-refractivity contribution in [3.05, 3.63) is 34.3 Å². The van der Waals surface area contributed by atoms with Gasteiger partial charge in [-0.2, -0.15) is 0 Å². The minimum absolute atomic E-state index is 0. The van der Waals surface area contributed by atoms with Crippen LogP contribution in [0.1, 0.15) is 25.3 Å². The van der Waals surface area contributed by atoms with Crippen molar-refractivity contribution in [3.8, 4) is 0 Å². The summed E-state index contributed by atoms with van der Waals surface area (Å²) in [6.07, 6.45) is 2.63. The first kappa shape index (κ1) is 18.7. The highest BCUT2D eigenvalue weighted by molar-refractivity contribution is 14.0. The van der Waals surface area contributed by atoms with E-state index in [0.29, 0.717) is 12.6 Å². The van der Waals surface area contributed by atoms with Gasteiger partial charge in [0.05, 0.1) is 12.6 Å². The second-order valence-electron chi connectivity index (χ2n) is 4.84. The standard InChI is InChI=1S/C15H22BrN3O.HI/c1-2-17-15(19-11-14-7-4-8-20-14)18-10-12-5-3-6-13(16)9-12;/h3,5-6,9,14H,2,4,7-8,10-11H2,1H3,(H2,17,18,19);1H. The lowest BCUT2D eigenvalue weighted by atomic mass is 10.2. The van der Waals surface area contributed by atoms with Crippen LogP contribution in [0.15, 0.2) is 33.7 Å². The van der Waals surface area contributed by atoms with Gasteiger partial charge in [-0.25, -0.2) is 4.99 Å². The molecule has 0 saturated carbocycles. The lowest BCUT2D eigenvalue weighted by Crippen LogP contribution is -2.41. The Hall–Kier alpha value is -0.340. The van der Waals surface area contributed by atoms with Gasteiger partial charge in [0, 0.05) is 24.2 Å². The van der Waals surface area contributed by atoms with E-state index in [1.165, 1.54) is 5.56 Å². The van der Waals surface area contributed by atoms with Crippen LogP contribution in [0.3, 0.4) is 0 Å². The number of nitrogens with one attached hydrogen (secondary N) is 2. The summed E-state index contributed by atoms with van der Waals surface area (Å²) >= 11 is 3.48. The van der Waals surface area contributed by atoms with Crippen LogP contribution < -0.4 is 10.6 Å². The van der Waals surface area contributed by atoms with E-state index in [-0.39, 0.29) is 24.0 Å². The molecule has 2 N–H and O–H groups in total. The summed E-state index contributed by atoms with van der Waals surface area (Å²) < 4.78 is 6.69. The molecule has 1 aromatic carbocycles. The number of halogens is 2. The molecular formula is C15H23BrIN3O. The van der Waals surface area contributed by atoms with Crippen molar-refractivity contribution < 1.29 is 4.74 Å². The van der Waals surface area contributed by atoms with Gasteiger partial charge in [-0.15, -0.1) is 24.0 Å². The molecule has 0 bridgehead atoms. The Morgan fingerprint density at radius 3 is 2.95 bits per heavy atom. The molecule has 1 aromatic rings. The summed E-state index contributed by atoms with van der Waals surface area (Å²) in [6, 6.07) is 8.22. The lowest BCUT2D eigenvalue weighted by molar-refractivity contribution is 0.114. The highest BCUT2D eigenvalue weighted by Crippen LogP contribution is 2.12. The fraction of sp³-hybridized carbons (Fsp3) is 0.533. The first-order chi connectivity index (χ1) is 9.78. The molecule has 0 aromatic heterocycles. The molecule has 1 atom stereocenters. The highest BCUT2D eigenvalue weighted by atomic mass is 127. The van der Waals surface area contributed by atoms with Gasteiger partial charge in [0.15, 0.2) is 5.96 Å². The van der Waals surface area contributed by atoms with Crippen molar-refractivity contribution in [3.63, 3.8) is 0 Å². The first-order valence-electron chi connectivity index (χ1n) is 7.16. The molecule has 0 radical (unpaired) electrons. The van der Waals surface area contributed by atoms with E-state index >= 15 is 0 Å². The van der Waals surface area contributed by atoms with E-state index in [4.69, 9.17) is 4.74 Å². The number of hydrogen-bond donors (Lipinski definition) is 2. The Morgan fingerprint density at radius 1 is 1.43 bits per heavy atom. The van der Waals surface area contributed by atoms with Crippen LogP contribution in [0, 0.1) is 0 Å². The Bertz CT molecular complexity index is 450. The van der Waals surface area contributed by atoms with Gasteiger partial charge in [0.25, 0.3) is 0 Å². The predicted molar refractivity (Wildman–Crippen MR) is 101 cm³/mol. The van der Waals surface area contributed by atoms with E-state index in [2.05, 4.69) is 50.6 Å². The van der Waals surface area contributed by atoms with Crippen LogP contribution in [0.2, 0.25) is 0 Å². The highest BCUT2D eigenvalue weighted by Gasteiger charge is 2.15. The average molecular weight is 468 g/mol. The average Bonchev–Trinajstić information content (AvgIpc) is 2.95. The Kier molecular flexibility index (Phi) is 9.26. The largest absolute Gasteiger partial charge is 0.376 e. The molecule has 2 rings (SSSR count). The zero-order valence-corrected chi connectivity index (χ0v) is 16.2. The van der Waals surface area contributed by atoms with Crippen LogP contribution in [-0.2, 0) is 11.3 Å². The molecule has 1 saturated heterocycles. The SMILES string of the molecule is CCNC(=NCc1cccc(Br)c1)NCC1CCCO1.I. The minimum Gasteiger partial charge on any atom is -0.376 e. The van der Waals surface area contributed by atoms with Gasteiger partial charge in [-0.05, 0) is 37.5 Å². The smallest absolute Gasteiger partial charge is 0.191 e. The first-order valence-corrected chi connectivity index (χ1v) is 7.95. The number of hydrogen-bond acceptors (Lipinski definition) is 2. The molecule has 0 spiro atoms. The molecule has 1 unspecified atom stereocenters. The maximum Gasteiger partial charge on any atom is 0.191 e. The van der Waals surface area contributed by atoms with Crippen LogP contribution in [0.4, 0.5) is 0 Å². The quantitative estimate of drug-likeness (QED) is 0.396. The van der Waals surface area contributed by atoms with Gasteiger partial charge in [0.2, 0.25) is 0 Å². The summed E-state index contributed by atoms with van der Waals surface area (Å²) in [5, 5.41) is 6.61. The van der Waals surface area contributed by atoms with Gasteiger partial charge < -0.3 is 15.4 Å². The van der Waals surface area contributed by atoms with E-state index in [1.54, 1.807) is 0 Å². The molecule has 21 heavy (non-hydrogen) atoms. The van der Waals surface area contributed by atoms with Crippen molar-refractivity contribution in [2.24, 2.45) is 4.99 Å². The maximum atomic E-state index is 5.61. The summed E-state index contributed by atoms with van der Waals surface area (Å²) in [7, 11) is 0. The molecule has 0 amide bonds. The fourth-order valence-corrected chi connectivity index (χ4v) is 2.61. The van der Waals surface area contributed by atoms with Crippen molar-refractivity contribution in [2.45, 2.75) is 32.4 Å². The third-order valence-electron chi connectivity index (χ3n) is 3.17. The molecule has 1 heterocycles. The summed E-state index contributed by atoms with van der Waals surface area (Å²) in [5.41, 5.74) is 1.19. The number of benzene rings is 1. The number of guanidine groups is 1. The van der Waals surface area contributed by atoms with E-state index in [9.17, 15) is 0 Å². The summed E-state index contributed by atoms with van der Waals surface area (Å²) in [6.45, 7) is 5.31. The zero-order chi connectivity index (χ0) is 14.2. The van der Waals surface area contributed by atoms with Crippen molar-refractivity contribution in [2.75, 3.05) is 19.7 Å². The van der Waals surface area contributed by atoms with Crippen LogP contribution in [-0.4, -0.2) is 31.8 Å². The molecule has 1 aliphatic heterocycles. The number of nitrogens with zero attached hydrogens (tertiary/aromatic N) is 1. The molecule has 1 fully saturated rings. The van der Waals surface area contributed by atoms with E-state index < -0.39 is 0 Å². The second kappa shape index (κ2) is 10.4. The zero-order valence-electron chi connectivity index (χ0n) is 12.3. The lowest BCUT2D eigenvalue weighted by Gasteiger charge is -2.14. The van der Waals surface area contributed by atoms with Gasteiger partial charge in [-0.3, -0.25) is 0 Å². The van der Waals surface area contributed by atoms with Crippen molar-refractivity contribution in [1.29, 1.82) is 0 Å². The number of rotatable bonds is 5. The van der Waals surface area contributed by atoms with Crippen molar-refractivity contribution >= 4 is 45.9 Å². The predicted octanol–water partition coefficient (Wildman–Crippen LogP) is 3.30. The molecule has 0 aliphatic carbocycles. The Balaban J connectivity index is 0.00000220. The molecule has 6 heteroatoms. The molecule has 4 nitrogen and oxygen atoms in total. The maximum absolute atomic E-state index is 5.61. The van der Waals surface area contributed by atoms with Crippen molar-refractivity contribution in [1.82, 2.24) is 10.6 Å². The second-order valence-corrected chi connectivity index (χ2v) is 5.76. The van der Waals surface area contributed by atoms with Gasteiger partial charge >= 0.3 is 0 Å². The number of aliphatic imine (C=N–C) groups is 1. The van der Waals surface area contributed by atoms with Crippen LogP contribution in [0.25, 0.3) is 0 Å².